The van der Waals surface area contributed by atoms with Crippen LogP contribution in [0.25, 0.3) is 22.6 Å². The van der Waals surface area contributed by atoms with Crippen molar-refractivity contribution >= 4 is 22.7 Å². The van der Waals surface area contributed by atoms with Gasteiger partial charge >= 0.3 is 0 Å². The first-order valence-corrected chi connectivity index (χ1v) is 7.64. The van der Waals surface area contributed by atoms with E-state index in [4.69, 9.17) is 9.15 Å². The topological polar surface area (TPSA) is 76.7 Å². The molecular weight excluding hydrogens is 306 g/mol. The highest BCUT2D eigenvalue weighted by atomic mass is 16.5. The Morgan fingerprint density at radius 1 is 1.08 bits per heavy atom. The Hall–Kier alpha value is -3.15. The molecule has 0 bridgehead atoms. The van der Waals surface area contributed by atoms with E-state index in [1.54, 1.807) is 7.11 Å². The number of hydrazone groups is 1. The summed E-state index contributed by atoms with van der Waals surface area (Å²) in [6.45, 7) is 0. The molecule has 1 aromatic heterocycles. The Kier molecular flexibility index (Phi) is 3.49. The van der Waals surface area contributed by atoms with Crippen LogP contribution in [0.15, 0.2) is 52.0 Å². The lowest BCUT2D eigenvalue weighted by molar-refractivity contribution is -0.121. The quantitative estimate of drug-likeness (QED) is 0.804. The number of ether oxygens (including phenoxy) is 1. The van der Waals surface area contributed by atoms with Crippen molar-refractivity contribution in [2.75, 3.05) is 7.11 Å². The van der Waals surface area contributed by atoms with Crippen LogP contribution in [0, 0.1) is 0 Å². The van der Waals surface area contributed by atoms with Crippen LogP contribution in [-0.2, 0) is 4.79 Å². The zero-order valence-electron chi connectivity index (χ0n) is 13.1. The summed E-state index contributed by atoms with van der Waals surface area (Å²) in [7, 11) is 1.63. The molecule has 1 N–H and O–H groups in total. The van der Waals surface area contributed by atoms with Crippen molar-refractivity contribution in [2.24, 2.45) is 5.10 Å². The van der Waals surface area contributed by atoms with E-state index in [2.05, 4.69) is 15.5 Å². The molecule has 0 aliphatic carbocycles. The number of oxazole rings is 1. The molecule has 24 heavy (non-hydrogen) atoms. The van der Waals surface area contributed by atoms with Gasteiger partial charge in [-0.05, 0) is 36.4 Å². The molecule has 1 aliphatic heterocycles. The summed E-state index contributed by atoms with van der Waals surface area (Å²) in [6, 6.07) is 13.3. The number of nitrogens with one attached hydrogen (secondary N) is 1. The lowest BCUT2D eigenvalue weighted by Crippen LogP contribution is -2.25. The first-order valence-electron chi connectivity index (χ1n) is 7.64. The van der Waals surface area contributed by atoms with E-state index in [1.807, 2.05) is 42.5 Å². The number of fused-ring (bicyclic) bond motifs is 1. The third kappa shape index (κ3) is 2.62. The molecule has 0 radical (unpaired) electrons. The largest absolute Gasteiger partial charge is 0.497 e. The normalized spacial score (nSPS) is 14.4. The Balaban J connectivity index is 1.69. The lowest BCUT2D eigenvalue weighted by Gasteiger charge is -2.11. The van der Waals surface area contributed by atoms with Gasteiger partial charge in [-0.3, -0.25) is 4.79 Å². The average Bonchev–Trinajstić information content (AvgIpc) is 3.05. The first-order chi connectivity index (χ1) is 11.7. The Bertz CT molecular complexity index is 942. The number of carbonyl (C=O) groups is 1. The van der Waals surface area contributed by atoms with Crippen molar-refractivity contribution in [1.29, 1.82) is 0 Å². The van der Waals surface area contributed by atoms with Gasteiger partial charge in [0.15, 0.2) is 5.58 Å². The molecule has 1 amide bonds. The van der Waals surface area contributed by atoms with Crippen molar-refractivity contribution in [3.8, 4) is 17.2 Å². The van der Waals surface area contributed by atoms with E-state index < -0.39 is 0 Å². The smallest absolute Gasteiger partial charge is 0.240 e. The number of hydrogen-bond acceptors (Lipinski definition) is 5. The molecule has 120 valence electrons. The fraction of sp³-hybridized carbons (Fsp3) is 0.167. The van der Waals surface area contributed by atoms with Gasteiger partial charge in [0, 0.05) is 24.0 Å². The maximum atomic E-state index is 11.2. The molecule has 0 fully saturated rings. The number of methoxy groups -OCH3 is 1. The molecule has 0 unspecified atom stereocenters. The molecule has 0 saturated carbocycles. The molecule has 1 aliphatic rings. The second kappa shape index (κ2) is 5.81. The van der Waals surface area contributed by atoms with Crippen LogP contribution in [0.3, 0.4) is 0 Å². The van der Waals surface area contributed by atoms with Crippen molar-refractivity contribution in [3.05, 3.63) is 48.0 Å². The Labute approximate surface area is 138 Å². The Morgan fingerprint density at radius 3 is 2.58 bits per heavy atom. The van der Waals surface area contributed by atoms with Crippen LogP contribution in [0.1, 0.15) is 18.4 Å². The van der Waals surface area contributed by atoms with Gasteiger partial charge in [0.2, 0.25) is 11.8 Å². The van der Waals surface area contributed by atoms with E-state index >= 15 is 0 Å². The summed E-state index contributed by atoms with van der Waals surface area (Å²) >= 11 is 0. The van der Waals surface area contributed by atoms with Gasteiger partial charge in [-0.15, -0.1) is 0 Å². The number of amides is 1. The predicted molar refractivity (Wildman–Crippen MR) is 89.9 cm³/mol. The number of aromatic nitrogens is 1. The van der Waals surface area contributed by atoms with E-state index in [0.29, 0.717) is 24.3 Å². The van der Waals surface area contributed by atoms with Crippen molar-refractivity contribution in [2.45, 2.75) is 12.8 Å². The second-order valence-electron chi connectivity index (χ2n) is 5.52. The van der Waals surface area contributed by atoms with Crippen LogP contribution >= 0.6 is 0 Å². The van der Waals surface area contributed by atoms with Gasteiger partial charge < -0.3 is 9.15 Å². The molecule has 6 heteroatoms. The monoisotopic (exact) mass is 321 g/mol. The lowest BCUT2D eigenvalue weighted by atomic mass is 10.0. The van der Waals surface area contributed by atoms with Gasteiger partial charge in [-0.1, -0.05) is 6.07 Å². The maximum absolute atomic E-state index is 11.2. The molecule has 0 saturated heterocycles. The highest BCUT2D eigenvalue weighted by Gasteiger charge is 2.15. The van der Waals surface area contributed by atoms with Crippen LogP contribution < -0.4 is 10.2 Å². The second-order valence-corrected chi connectivity index (χ2v) is 5.52. The fourth-order valence-electron chi connectivity index (χ4n) is 2.64. The van der Waals surface area contributed by atoms with Crippen molar-refractivity contribution in [1.82, 2.24) is 10.4 Å². The summed E-state index contributed by atoms with van der Waals surface area (Å²) < 4.78 is 11.0. The van der Waals surface area contributed by atoms with Gasteiger partial charge in [-0.25, -0.2) is 10.4 Å². The Morgan fingerprint density at radius 2 is 1.88 bits per heavy atom. The third-order valence-electron chi connectivity index (χ3n) is 3.96. The van der Waals surface area contributed by atoms with Crippen LogP contribution in [0.4, 0.5) is 0 Å². The summed E-state index contributed by atoms with van der Waals surface area (Å²) in [4.78, 5) is 15.7. The minimum atomic E-state index is -0.0544. The van der Waals surface area contributed by atoms with Crippen molar-refractivity contribution < 1.29 is 13.9 Å². The third-order valence-corrected chi connectivity index (χ3v) is 3.96. The molecule has 0 spiro atoms. The zero-order chi connectivity index (χ0) is 16.5. The SMILES string of the molecule is COc1ccc(-c2nc3ccc(C4=NNC(=O)CC4)cc3o2)cc1. The van der Waals surface area contributed by atoms with Crippen LogP contribution in [0.2, 0.25) is 0 Å². The van der Waals surface area contributed by atoms with Gasteiger partial charge in [0.05, 0.1) is 12.8 Å². The van der Waals surface area contributed by atoms with Crippen molar-refractivity contribution in [3.63, 3.8) is 0 Å². The first kappa shape index (κ1) is 14.4. The highest BCUT2D eigenvalue weighted by Crippen LogP contribution is 2.27. The number of hydrogen-bond donors (Lipinski definition) is 1. The molecular formula is C18H15N3O3. The minimum absolute atomic E-state index is 0.0544. The van der Waals surface area contributed by atoms with Crippen LogP contribution in [0.5, 0.6) is 5.75 Å². The average molecular weight is 321 g/mol. The molecule has 6 nitrogen and oxygen atoms in total. The zero-order valence-corrected chi connectivity index (χ0v) is 13.1. The summed E-state index contributed by atoms with van der Waals surface area (Å²) in [5.41, 5.74) is 6.65. The molecule has 0 atom stereocenters. The summed E-state index contributed by atoms with van der Waals surface area (Å²) in [6.07, 6.45) is 1.07. The predicted octanol–water partition coefficient (Wildman–Crippen LogP) is 3.12. The van der Waals surface area contributed by atoms with E-state index in [1.165, 1.54) is 0 Å². The molecule has 3 aromatic rings. The molecule has 4 rings (SSSR count). The van der Waals surface area contributed by atoms with Crippen LogP contribution in [-0.4, -0.2) is 23.7 Å². The summed E-state index contributed by atoms with van der Waals surface area (Å²) in [5.74, 6) is 1.29. The fourth-order valence-corrected chi connectivity index (χ4v) is 2.64. The molecule has 2 aromatic carbocycles. The standard InChI is InChI=1S/C18H15N3O3/c1-23-13-5-2-11(3-6-13)18-19-15-7-4-12(10-16(15)24-18)14-8-9-17(22)21-20-14/h2-7,10H,8-9H2,1H3,(H,21,22). The number of nitrogens with zero attached hydrogens (tertiary/aromatic N) is 2. The molecule has 2 heterocycles. The highest BCUT2D eigenvalue weighted by molar-refractivity contribution is 6.05. The minimum Gasteiger partial charge on any atom is -0.497 e. The van der Waals surface area contributed by atoms with Gasteiger partial charge in [-0.2, -0.15) is 5.10 Å². The summed E-state index contributed by atoms with van der Waals surface area (Å²) in [5, 5.41) is 4.11. The van der Waals surface area contributed by atoms with E-state index in [0.717, 1.165) is 28.1 Å². The van der Waals surface area contributed by atoms with E-state index in [9.17, 15) is 4.79 Å². The van der Waals surface area contributed by atoms with Gasteiger partial charge in [0.25, 0.3) is 0 Å². The number of benzene rings is 2. The van der Waals surface area contributed by atoms with Gasteiger partial charge in [0.1, 0.15) is 11.3 Å². The number of rotatable bonds is 3. The maximum Gasteiger partial charge on any atom is 0.240 e. The van der Waals surface area contributed by atoms with E-state index in [-0.39, 0.29) is 5.91 Å². The number of carbonyl (C=O) groups excluding carboxylic acids is 1.